The van der Waals surface area contributed by atoms with E-state index in [4.69, 9.17) is 14.2 Å². The molecular formula is C19H20O5. The number of rotatable bonds is 8. The molecule has 0 bridgehead atoms. The van der Waals surface area contributed by atoms with Crippen molar-refractivity contribution in [3.05, 3.63) is 54.1 Å². The van der Waals surface area contributed by atoms with Crippen LogP contribution in [0.3, 0.4) is 0 Å². The van der Waals surface area contributed by atoms with Gasteiger partial charge in [-0.15, -0.1) is 0 Å². The van der Waals surface area contributed by atoms with Crippen LogP contribution in [0.2, 0.25) is 0 Å². The van der Waals surface area contributed by atoms with Crippen LogP contribution in [0.1, 0.15) is 30.6 Å². The monoisotopic (exact) mass is 328 g/mol. The first-order valence-corrected chi connectivity index (χ1v) is 7.87. The van der Waals surface area contributed by atoms with Crippen molar-refractivity contribution in [3.63, 3.8) is 0 Å². The van der Waals surface area contributed by atoms with Gasteiger partial charge in [0.1, 0.15) is 17.2 Å². The SMILES string of the molecule is CCCOc1ccc(Oc2ccccc2)cc1C(=O)C(=O)OCC. The molecule has 0 unspecified atom stereocenters. The number of esters is 1. The second-order valence-corrected chi connectivity index (χ2v) is 4.97. The van der Waals surface area contributed by atoms with Crippen LogP contribution in [0.15, 0.2) is 48.5 Å². The molecule has 0 heterocycles. The van der Waals surface area contributed by atoms with E-state index >= 15 is 0 Å². The maximum atomic E-state index is 12.3. The van der Waals surface area contributed by atoms with E-state index in [1.807, 2.05) is 25.1 Å². The maximum absolute atomic E-state index is 12.3. The zero-order valence-electron chi connectivity index (χ0n) is 13.8. The summed E-state index contributed by atoms with van der Waals surface area (Å²) in [6.07, 6.45) is 0.787. The van der Waals surface area contributed by atoms with Gasteiger partial charge in [-0.25, -0.2) is 4.79 Å². The summed E-state index contributed by atoms with van der Waals surface area (Å²) in [4.78, 5) is 24.1. The first-order valence-electron chi connectivity index (χ1n) is 7.87. The molecule has 5 nitrogen and oxygen atoms in total. The lowest BCUT2D eigenvalue weighted by Crippen LogP contribution is -2.18. The molecule has 24 heavy (non-hydrogen) atoms. The first-order chi connectivity index (χ1) is 11.7. The van der Waals surface area contributed by atoms with Crippen molar-refractivity contribution in [2.45, 2.75) is 20.3 Å². The van der Waals surface area contributed by atoms with E-state index in [2.05, 4.69) is 0 Å². The third kappa shape index (κ3) is 4.59. The predicted octanol–water partition coefficient (Wildman–Crippen LogP) is 4.01. The van der Waals surface area contributed by atoms with E-state index in [1.54, 1.807) is 31.2 Å². The second kappa shape index (κ2) is 8.72. The lowest BCUT2D eigenvalue weighted by Gasteiger charge is -2.12. The Morgan fingerprint density at radius 3 is 2.38 bits per heavy atom. The lowest BCUT2D eigenvalue weighted by atomic mass is 10.1. The summed E-state index contributed by atoms with van der Waals surface area (Å²) in [7, 11) is 0. The third-order valence-electron chi connectivity index (χ3n) is 3.10. The van der Waals surface area contributed by atoms with Gasteiger partial charge < -0.3 is 14.2 Å². The van der Waals surface area contributed by atoms with Gasteiger partial charge in [0.05, 0.1) is 18.8 Å². The van der Waals surface area contributed by atoms with Gasteiger partial charge in [-0.1, -0.05) is 25.1 Å². The Balaban J connectivity index is 2.30. The molecule has 0 aliphatic rings. The molecule has 0 fully saturated rings. The first kappa shape index (κ1) is 17.5. The van der Waals surface area contributed by atoms with Crippen LogP contribution in [0.5, 0.6) is 17.2 Å². The topological polar surface area (TPSA) is 61.8 Å². The zero-order chi connectivity index (χ0) is 17.4. The molecule has 0 saturated carbocycles. The molecule has 0 N–H and O–H groups in total. The number of Topliss-reactive ketones (excluding diaryl/α,β-unsaturated/α-hetero) is 1. The van der Waals surface area contributed by atoms with Crippen LogP contribution in [-0.2, 0) is 9.53 Å². The summed E-state index contributed by atoms with van der Waals surface area (Å²) in [5.74, 6) is -0.237. The molecule has 2 rings (SSSR count). The number of ketones is 1. The summed E-state index contributed by atoms with van der Waals surface area (Å²) in [5, 5.41) is 0. The number of ether oxygens (including phenoxy) is 3. The fraction of sp³-hybridized carbons (Fsp3) is 0.263. The van der Waals surface area contributed by atoms with Crippen LogP contribution in [0, 0.1) is 0 Å². The van der Waals surface area contributed by atoms with E-state index < -0.39 is 11.8 Å². The largest absolute Gasteiger partial charge is 0.493 e. The summed E-state index contributed by atoms with van der Waals surface area (Å²) < 4.78 is 16.1. The standard InChI is InChI=1S/C19H20O5/c1-3-12-23-17-11-10-15(24-14-8-6-5-7-9-14)13-16(17)18(20)19(21)22-4-2/h5-11,13H,3-4,12H2,1-2H3. The average Bonchev–Trinajstić information content (AvgIpc) is 2.61. The van der Waals surface area contributed by atoms with Crippen molar-refractivity contribution < 1.29 is 23.8 Å². The van der Waals surface area contributed by atoms with Gasteiger partial charge in [-0.3, -0.25) is 4.79 Å². The van der Waals surface area contributed by atoms with Crippen molar-refractivity contribution >= 4 is 11.8 Å². The van der Waals surface area contributed by atoms with E-state index in [-0.39, 0.29) is 12.2 Å². The van der Waals surface area contributed by atoms with Crippen molar-refractivity contribution in [2.75, 3.05) is 13.2 Å². The molecule has 2 aromatic carbocycles. The molecule has 0 aliphatic carbocycles. The quantitative estimate of drug-likeness (QED) is 0.416. The zero-order valence-corrected chi connectivity index (χ0v) is 13.8. The van der Waals surface area contributed by atoms with E-state index in [0.29, 0.717) is 23.9 Å². The van der Waals surface area contributed by atoms with Crippen LogP contribution in [0.4, 0.5) is 0 Å². The van der Waals surface area contributed by atoms with Crippen molar-refractivity contribution in [1.29, 1.82) is 0 Å². The number of hydrogen-bond acceptors (Lipinski definition) is 5. The Bertz CT molecular complexity index is 694. The van der Waals surface area contributed by atoms with E-state index in [0.717, 1.165) is 6.42 Å². The number of carbonyl (C=O) groups excluding carboxylic acids is 2. The Hall–Kier alpha value is -2.82. The highest BCUT2D eigenvalue weighted by Crippen LogP contribution is 2.28. The van der Waals surface area contributed by atoms with Crippen LogP contribution in [0.25, 0.3) is 0 Å². The fourth-order valence-electron chi connectivity index (χ4n) is 2.02. The fourth-order valence-corrected chi connectivity index (χ4v) is 2.02. The Morgan fingerprint density at radius 1 is 0.958 bits per heavy atom. The van der Waals surface area contributed by atoms with Crippen LogP contribution >= 0.6 is 0 Å². The Kier molecular flexibility index (Phi) is 6.37. The Labute approximate surface area is 141 Å². The molecule has 126 valence electrons. The van der Waals surface area contributed by atoms with Crippen molar-refractivity contribution in [1.82, 2.24) is 0 Å². The summed E-state index contributed by atoms with van der Waals surface area (Å²) in [6, 6.07) is 14.0. The summed E-state index contributed by atoms with van der Waals surface area (Å²) in [5.41, 5.74) is 0.135. The van der Waals surface area contributed by atoms with Crippen molar-refractivity contribution in [2.24, 2.45) is 0 Å². The van der Waals surface area contributed by atoms with E-state index in [9.17, 15) is 9.59 Å². The molecule has 0 aromatic heterocycles. The molecular weight excluding hydrogens is 308 g/mol. The van der Waals surface area contributed by atoms with Crippen LogP contribution in [-0.4, -0.2) is 25.0 Å². The lowest BCUT2D eigenvalue weighted by molar-refractivity contribution is -0.137. The highest BCUT2D eigenvalue weighted by molar-refractivity contribution is 6.41. The smallest absolute Gasteiger partial charge is 0.379 e. The number of para-hydroxylation sites is 1. The van der Waals surface area contributed by atoms with Gasteiger partial charge in [0.25, 0.3) is 5.78 Å². The van der Waals surface area contributed by atoms with Gasteiger partial charge >= 0.3 is 5.97 Å². The minimum absolute atomic E-state index is 0.135. The Morgan fingerprint density at radius 2 is 1.71 bits per heavy atom. The molecule has 0 aliphatic heterocycles. The van der Waals surface area contributed by atoms with Gasteiger partial charge in [0.2, 0.25) is 0 Å². The van der Waals surface area contributed by atoms with Gasteiger partial charge in [-0.05, 0) is 43.7 Å². The minimum Gasteiger partial charge on any atom is -0.493 e. The molecule has 0 atom stereocenters. The molecule has 5 heteroatoms. The van der Waals surface area contributed by atoms with Gasteiger partial charge in [-0.2, -0.15) is 0 Å². The number of carbonyl (C=O) groups is 2. The highest BCUT2D eigenvalue weighted by atomic mass is 16.5. The van der Waals surface area contributed by atoms with Crippen molar-refractivity contribution in [3.8, 4) is 17.2 Å². The molecule has 2 aromatic rings. The molecule has 0 saturated heterocycles. The summed E-state index contributed by atoms with van der Waals surface area (Å²) >= 11 is 0. The van der Waals surface area contributed by atoms with Gasteiger partial charge in [0.15, 0.2) is 0 Å². The van der Waals surface area contributed by atoms with Crippen LogP contribution < -0.4 is 9.47 Å². The molecule has 0 spiro atoms. The number of benzene rings is 2. The van der Waals surface area contributed by atoms with E-state index in [1.165, 1.54) is 6.07 Å². The summed E-state index contributed by atoms with van der Waals surface area (Å²) in [6.45, 7) is 4.19. The second-order valence-electron chi connectivity index (χ2n) is 4.97. The third-order valence-corrected chi connectivity index (χ3v) is 3.10. The number of hydrogen-bond donors (Lipinski definition) is 0. The average molecular weight is 328 g/mol. The normalized spacial score (nSPS) is 10.1. The van der Waals surface area contributed by atoms with Gasteiger partial charge in [0, 0.05) is 0 Å². The minimum atomic E-state index is -0.907. The molecule has 0 radical (unpaired) electrons. The maximum Gasteiger partial charge on any atom is 0.379 e. The molecule has 0 amide bonds. The highest BCUT2D eigenvalue weighted by Gasteiger charge is 2.22. The predicted molar refractivity (Wildman–Crippen MR) is 89.7 cm³/mol.